The number of rotatable bonds is 5. The summed E-state index contributed by atoms with van der Waals surface area (Å²) in [5.74, 6) is 1.60. The molecule has 0 aromatic carbocycles. The summed E-state index contributed by atoms with van der Waals surface area (Å²) in [6.07, 6.45) is 4.00. The molecule has 1 rings (SSSR count). The van der Waals surface area contributed by atoms with E-state index in [0.29, 0.717) is 0 Å². The number of nitrogens with zero attached hydrogens (tertiary/aromatic N) is 1. The van der Waals surface area contributed by atoms with Gasteiger partial charge in [-0.1, -0.05) is 13.8 Å². The van der Waals surface area contributed by atoms with Gasteiger partial charge in [-0.25, -0.2) is 0 Å². The summed E-state index contributed by atoms with van der Waals surface area (Å²) in [5, 5.41) is 0. The van der Waals surface area contributed by atoms with Gasteiger partial charge < -0.3 is 10.6 Å². The zero-order valence-electron chi connectivity index (χ0n) is 10.00. The molecule has 1 aliphatic rings. The first-order valence-electron chi connectivity index (χ1n) is 6.07. The highest BCUT2D eigenvalue weighted by molar-refractivity contribution is 4.79. The Labute approximate surface area is 88.8 Å². The smallest absolute Gasteiger partial charge is 0.00671 e. The Bertz CT molecular complexity index is 156. The van der Waals surface area contributed by atoms with Crippen molar-refractivity contribution in [2.75, 3.05) is 19.6 Å². The van der Waals surface area contributed by atoms with Gasteiger partial charge in [-0.15, -0.1) is 0 Å². The zero-order valence-corrected chi connectivity index (χ0v) is 10.00. The number of nitrogens with two attached hydrogens (primary N) is 1. The first-order chi connectivity index (χ1) is 6.63. The van der Waals surface area contributed by atoms with Crippen molar-refractivity contribution in [2.45, 2.75) is 46.1 Å². The van der Waals surface area contributed by atoms with Crippen molar-refractivity contribution in [3.63, 3.8) is 0 Å². The molecule has 14 heavy (non-hydrogen) atoms. The fourth-order valence-electron chi connectivity index (χ4n) is 2.21. The third-order valence-electron chi connectivity index (χ3n) is 3.44. The highest BCUT2D eigenvalue weighted by atomic mass is 15.2. The summed E-state index contributed by atoms with van der Waals surface area (Å²) in [7, 11) is 0. The van der Waals surface area contributed by atoms with Crippen molar-refractivity contribution in [1.29, 1.82) is 0 Å². The van der Waals surface area contributed by atoms with Crippen LogP contribution in [0.25, 0.3) is 0 Å². The molecule has 2 atom stereocenters. The van der Waals surface area contributed by atoms with E-state index in [1.807, 2.05) is 0 Å². The monoisotopic (exact) mass is 198 g/mol. The van der Waals surface area contributed by atoms with Crippen LogP contribution in [0.1, 0.15) is 40.0 Å². The molecule has 2 nitrogen and oxygen atoms in total. The van der Waals surface area contributed by atoms with Crippen LogP contribution in [0.4, 0.5) is 0 Å². The molecule has 0 radical (unpaired) electrons. The molecule has 0 aliphatic carbocycles. The Balaban J connectivity index is 2.21. The highest BCUT2D eigenvalue weighted by Crippen LogP contribution is 2.20. The fraction of sp³-hybridized carbons (Fsp3) is 1.00. The molecule has 0 spiro atoms. The molecule has 0 aromatic heterocycles. The maximum atomic E-state index is 5.69. The molecule has 2 heteroatoms. The molecule has 1 fully saturated rings. The molecule has 1 heterocycles. The Morgan fingerprint density at radius 3 is 2.50 bits per heavy atom. The molecule has 0 amide bonds. The minimum Gasteiger partial charge on any atom is -0.330 e. The fourth-order valence-corrected chi connectivity index (χ4v) is 2.21. The van der Waals surface area contributed by atoms with Crippen molar-refractivity contribution >= 4 is 0 Å². The van der Waals surface area contributed by atoms with Gasteiger partial charge in [-0.2, -0.15) is 0 Å². The summed E-state index contributed by atoms with van der Waals surface area (Å²) >= 11 is 0. The summed E-state index contributed by atoms with van der Waals surface area (Å²) in [4.78, 5) is 2.61. The molecule has 0 saturated carbocycles. The second-order valence-electron chi connectivity index (χ2n) is 5.21. The van der Waals surface area contributed by atoms with Crippen LogP contribution in [0.15, 0.2) is 0 Å². The third-order valence-corrected chi connectivity index (χ3v) is 3.44. The molecule has 1 saturated heterocycles. The third kappa shape index (κ3) is 3.58. The van der Waals surface area contributed by atoms with Crippen LogP contribution in [-0.2, 0) is 0 Å². The minimum absolute atomic E-state index is 0.758. The molecular formula is C12H26N2. The van der Waals surface area contributed by atoms with Gasteiger partial charge in [-0.05, 0) is 51.1 Å². The zero-order chi connectivity index (χ0) is 10.6. The van der Waals surface area contributed by atoms with Gasteiger partial charge in [0.05, 0.1) is 0 Å². The van der Waals surface area contributed by atoms with Gasteiger partial charge in [0, 0.05) is 12.6 Å². The maximum Gasteiger partial charge on any atom is 0.00671 e. The van der Waals surface area contributed by atoms with Crippen molar-refractivity contribution < 1.29 is 0 Å². The average Bonchev–Trinajstić information content (AvgIpc) is 2.62. The SMILES string of the molecule is CC(C)CCC(C)N1CCC(CN)C1. The lowest BCUT2D eigenvalue weighted by Crippen LogP contribution is -2.32. The van der Waals surface area contributed by atoms with Crippen molar-refractivity contribution in [3.8, 4) is 0 Å². The first-order valence-corrected chi connectivity index (χ1v) is 6.07. The molecule has 0 bridgehead atoms. The molecular weight excluding hydrogens is 172 g/mol. The molecule has 2 N–H and O–H groups in total. The first kappa shape index (κ1) is 12.0. The summed E-state index contributed by atoms with van der Waals surface area (Å²) in [6, 6.07) is 0.758. The van der Waals surface area contributed by atoms with E-state index < -0.39 is 0 Å². The van der Waals surface area contributed by atoms with Crippen molar-refractivity contribution in [3.05, 3.63) is 0 Å². The van der Waals surface area contributed by atoms with Gasteiger partial charge >= 0.3 is 0 Å². The van der Waals surface area contributed by atoms with E-state index in [4.69, 9.17) is 5.73 Å². The number of hydrogen-bond acceptors (Lipinski definition) is 2. The van der Waals surface area contributed by atoms with Crippen LogP contribution in [0.3, 0.4) is 0 Å². The average molecular weight is 198 g/mol. The highest BCUT2D eigenvalue weighted by Gasteiger charge is 2.24. The Hall–Kier alpha value is -0.0800. The second kappa shape index (κ2) is 5.72. The van der Waals surface area contributed by atoms with Gasteiger partial charge in [0.15, 0.2) is 0 Å². The number of likely N-dealkylation sites (tertiary alicyclic amines) is 1. The van der Waals surface area contributed by atoms with E-state index in [-0.39, 0.29) is 0 Å². The summed E-state index contributed by atoms with van der Waals surface area (Å²) in [5.41, 5.74) is 5.69. The standard InChI is InChI=1S/C12H26N2/c1-10(2)4-5-11(3)14-7-6-12(8-13)9-14/h10-12H,4-9,13H2,1-3H3. The normalized spacial score (nSPS) is 25.9. The van der Waals surface area contributed by atoms with Crippen LogP contribution in [0.2, 0.25) is 0 Å². The van der Waals surface area contributed by atoms with E-state index in [1.165, 1.54) is 32.4 Å². The van der Waals surface area contributed by atoms with E-state index in [9.17, 15) is 0 Å². The van der Waals surface area contributed by atoms with Crippen LogP contribution in [-0.4, -0.2) is 30.6 Å². The van der Waals surface area contributed by atoms with E-state index in [2.05, 4.69) is 25.7 Å². The lowest BCUT2D eigenvalue weighted by atomic mass is 10.0. The lowest BCUT2D eigenvalue weighted by molar-refractivity contribution is 0.229. The van der Waals surface area contributed by atoms with Crippen LogP contribution >= 0.6 is 0 Å². The van der Waals surface area contributed by atoms with Gasteiger partial charge in [-0.3, -0.25) is 0 Å². The van der Waals surface area contributed by atoms with Crippen LogP contribution < -0.4 is 5.73 Å². The van der Waals surface area contributed by atoms with Crippen LogP contribution in [0, 0.1) is 11.8 Å². The van der Waals surface area contributed by atoms with Crippen molar-refractivity contribution in [2.24, 2.45) is 17.6 Å². The molecule has 0 aromatic rings. The maximum absolute atomic E-state index is 5.69. The summed E-state index contributed by atoms with van der Waals surface area (Å²) in [6.45, 7) is 10.3. The van der Waals surface area contributed by atoms with Gasteiger partial charge in [0.25, 0.3) is 0 Å². The minimum atomic E-state index is 0.758. The van der Waals surface area contributed by atoms with Crippen molar-refractivity contribution in [1.82, 2.24) is 4.90 Å². The predicted octanol–water partition coefficient (Wildman–Crippen LogP) is 2.09. The van der Waals surface area contributed by atoms with E-state index in [0.717, 1.165) is 24.4 Å². The number of hydrogen-bond donors (Lipinski definition) is 1. The largest absolute Gasteiger partial charge is 0.330 e. The van der Waals surface area contributed by atoms with Gasteiger partial charge in [0.1, 0.15) is 0 Å². The Morgan fingerprint density at radius 1 is 1.29 bits per heavy atom. The molecule has 84 valence electrons. The Morgan fingerprint density at radius 2 is 2.00 bits per heavy atom. The van der Waals surface area contributed by atoms with Gasteiger partial charge in [0.2, 0.25) is 0 Å². The van der Waals surface area contributed by atoms with Crippen LogP contribution in [0.5, 0.6) is 0 Å². The van der Waals surface area contributed by atoms with E-state index in [1.54, 1.807) is 0 Å². The Kier molecular flexibility index (Phi) is 4.90. The molecule has 1 aliphatic heterocycles. The summed E-state index contributed by atoms with van der Waals surface area (Å²) < 4.78 is 0. The quantitative estimate of drug-likeness (QED) is 0.733. The topological polar surface area (TPSA) is 29.3 Å². The second-order valence-corrected chi connectivity index (χ2v) is 5.21. The molecule has 2 unspecified atom stereocenters. The van der Waals surface area contributed by atoms with E-state index >= 15 is 0 Å². The predicted molar refractivity (Wildman–Crippen MR) is 62.3 cm³/mol. The lowest BCUT2D eigenvalue weighted by Gasteiger charge is -2.24.